The molecule has 1 aromatic rings. The molecule has 0 saturated heterocycles. The number of aromatic nitrogens is 1. The molecule has 1 rings (SSSR count). The highest BCUT2D eigenvalue weighted by Crippen LogP contribution is 2.29. The summed E-state index contributed by atoms with van der Waals surface area (Å²) in [6.07, 6.45) is -5.90. The minimum atomic E-state index is -4.46. The summed E-state index contributed by atoms with van der Waals surface area (Å²) < 4.78 is 36.9. The number of nitrogens with zero attached hydrogens (tertiary/aromatic N) is 1. The van der Waals surface area contributed by atoms with E-state index in [1.54, 1.807) is 7.05 Å². The van der Waals surface area contributed by atoms with Crippen LogP contribution in [0.1, 0.15) is 23.8 Å². The monoisotopic (exact) mass is 264 g/mol. The standard InChI is InChI=1S/C11H15F3N2O2/c1-15-5-4-9(17)10(18)8-3-2-7(6-16-8)11(12,13)14/h2-3,6,9-10,15,17-18H,4-5H2,1H3. The van der Waals surface area contributed by atoms with Crippen molar-refractivity contribution in [1.82, 2.24) is 10.3 Å². The van der Waals surface area contributed by atoms with E-state index in [4.69, 9.17) is 0 Å². The minimum Gasteiger partial charge on any atom is -0.390 e. The predicted molar refractivity (Wildman–Crippen MR) is 58.7 cm³/mol. The van der Waals surface area contributed by atoms with Crippen LogP contribution < -0.4 is 5.32 Å². The van der Waals surface area contributed by atoms with Gasteiger partial charge in [0, 0.05) is 6.20 Å². The lowest BCUT2D eigenvalue weighted by Crippen LogP contribution is -2.24. The van der Waals surface area contributed by atoms with Gasteiger partial charge in [-0.25, -0.2) is 0 Å². The molecule has 3 N–H and O–H groups in total. The number of aliphatic hydroxyl groups excluding tert-OH is 2. The van der Waals surface area contributed by atoms with Crippen molar-refractivity contribution in [3.63, 3.8) is 0 Å². The summed E-state index contributed by atoms with van der Waals surface area (Å²) in [4.78, 5) is 3.52. The van der Waals surface area contributed by atoms with Crippen LogP contribution in [0.3, 0.4) is 0 Å². The van der Waals surface area contributed by atoms with Gasteiger partial charge in [-0.05, 0) is 32.1 Å². The highest BCUT2D eigenvalue weighted by Gasteiger charge is 2.31. The van der Waals surface area contributed by atoms with Crippen LogP contribution in [0.25, 0.3) is 0 Å². The van der Waals surface area contributed by atoms with Crippen LogP contribution in [0, 0.1) is 0 Å². The van der Waals surface area contributed by atoms with Gasteiger partial charge in [-0.1, -0.05) is 0 Å². The summed E-state index contributed by atoms with van der Waals surface area (Å²) in [6, 6.07) is 1.90. The topological polar surface area (TPSA) is 65.4 Å². The molecule has 2 unspecified atom stereocenters. The molecule has 1 aromatic heterocycles. The van der Waals surface area contributed by atoms with E-state index >= 15 is 0 Å². The van der Waals surface area contributed by atoms with E-state index in [0.717, 1.165) is 12.1 Å². The SMILES string of the molecule is CNCCC(O)C(O)c1ccc(C(F)(F)F)cn1. The van der Waals surface area contributed by atoms with Gasteiger partial charge in [0.15, 0.2) is 0 Å². The van der Waals surface area contributed by atoms with Gasteiger partial charge in [-0.2, -0.15) is 13.2 Å². The molecule has 0 radical (unpaired) electrons. The highest BCUT2D eigenvalue weighted by atomic mass is 19.4. The number of nitrogens with one attached hydrogen (secondary N) is 1. The third kappa shape index (κ3) is 3.94. The van der Waals surface area contributed by atoms with E-state index in [1.165, 1.54) is 0 Å². The molecule has 0 aliphatic rings. The summed E-state index contributed by atoms with van der Waals surface area (Å²) in [5.41, 5.74) is -0.866. The van der Waals surface area contributed by atoms with E-state index in [0.29, 0.717) is 12.7 Å². The lowest BCUT2D eigenvalue weighted by Gasteiger charge is -2.17. The molecule has 102 valence electrons. The molecule has 1 heterocycles. The van der Waals surface area contributed by atoms with Gasteiger partial charge in [0.25, 0.3) is 0 Å². The van der Waals surface area contributed by atoms with Crippen LogP contribution in [0.2, 0.25) is 0 Å². The van der Waals surface area contributed by atoms with Gasteiger partial charge < -0.3 is 15.5 Å². The fourth-order valence-electron chi connectivity index (χ4n) is 1.40. The molecular formula is C11H15F3N2O2. The number of pyridine rings is 1. The fourth-order valence-corrected chi connectivity index (χ4v) is 1.40. The maximum Gasteiger partial charge on any atom is 0.417 e. The molecule has 0 saturated carbocycles. The summed E-state index contributed by atoms with van der Waals surface area (Å²) in [5, 5.41) is 22.1. The molecule has 0 aromatic carbocycles. The van der Waals surface area contributed by atoms with Gasteiger partial charge in [-0.3, -0.25) is 4.98 Å². The number of halogens is 3. The van der Waals surface area contributed by atoms with Crippen molar-refractivity contribution in [2.75, 3.05) is 13.6 Å². The summed E-state index contributed by atoms with van der Waals surface area (Å²) in [7, 11) is 1.69. The zero-order chi connectivity index (χ0) is 13.8. The second-order valence-electron chi connectivity index (χ2n) is 3.87. The zero-order valence-corrected chi connectivity index (χ0v) is 9.78. The molecule has 4 nitrogen and oxygen atoms in total. The van der Waals surface area contributed by atoms with Gasteiger partial charge in [0.2, 0.25) is 0 Å². The zero-order valence-electron chi connectivity index (χ0n) is 9.78. The van der Waals surface area contributed by atoms with Crippen molar-refractivity contribution in [1.29, 1.82) is 0 Å². The largest absolute Gasteiger partial charge is 0.417 e. The molecule has 0 spiro atoms. The first-order valence-electron chi connectivity index (χ1n) is 5.40. The quantitative estimate of drug-likeness (QED) is 0.745. The summed E-state index contributed by atoms with van der Waals surface area (Å²) in [5.74, 6) is 0. The molecule has 18 heavy (non-hydrogen) atoms. The minimum absolute atomic E-state index is 0.0200. The average molecular weight is 264 g/mol. The van der Waals surface area contributed by atoms with Gasteiger partial charge in [0.1, 0.15) is 6.10 Å². The van der Waals surface area contributed by atoms with E-state index in [1.807, 2.05) is 0 Å². The molecule has 0 fully saturated rings. The van der Waals surface area contributed by atoms with Crippen molar-refractivity contribution >= 4 is 0 Å². The number of hydrogen-bond donors (Lipinski definition) is 3. The maximum atomic E-state index is 12.3. The Labute approximate surface area is 102 Å². The first-order chi connectivity index (χ1) is 8.36. The van der Waals surface area contributed by atoms with E-state index in [9.17, 15) is 23.4 Å². The van der Waals surface area contributed by atoms with Crippen LogP contribution >= 0.6 is 0 Å². The molecule has 0 amide bonds. The predicted octanol–water partition coefficient (Wildman–Crippen LogP) is 1.10. The normalized spacial score (nSPS) is 15.4. The van der Waals surface area contributed by atoms with Crippen LogP contribution in [0.15, 0.2) is 18.3 Å². The Balaban J connectivity index is 2.72. The maximum absolute atomic E-state index is 12.3. The Morgan fingerprint density at radius 1 is 1.33 bits per heavy atom. The second-order valence-corrected chi connectivity index (χ2v) is 3.87. The Kier molecular flexibility index (Phi) is 5.06. The Bertz CT molecular complexity index is 368. The number of rotatable bonds is 5. The van der Waals surface area contributed by atoms with Crippen LogP contribution in [0.4, 0.5) is 13.2 Å². The van der Waals surface area contributed by atoms with Crippen LogP contribution in [-0.2, 0) is 6.18 Å². The van der Waals surface area contributed by atoms with E-state index in [-0.39, 0.29) is 12.1 Å². The lowest BCUT2D eigenvalue weighted by molar-refractivity contribution is -0.137. The smallest absolute Gasteiger partial charge is 0.390 e. The number of alkyl halides is 3. The van der Waals surface area contributed by atoms with Gasteiger partial charge in [-0.15, -0.1) is 0 Å². The van der Waals surface area contributed by atoms with Crippen molar-refractivity contribution in [2.24, 2.45) is 0 Å². The molecule has 0 aliphatic carbocycles. The summed E-state index contributed by atoms with van der Waals surface area (Å²) >= 11 is 0. The fraction of sp³-hybridized carbons (Fsp3) is 0.545. The van der Waals surface area contributed by atoms with Crippen LogP contribution in [-0.4, -0.2) is 34.9 Å². The number of aliphatic hydroxyl groups is 2. The van der Waals surface area contributed by atoms with Crippen molar-refractivity contribution < 1.29 is 23.4 Å². The van der Waals surface area contributed by atoms with Gasteiger partial charge >= 0.3 is 6.18 Å². The summed E-state index contributed by atoms with van der Waals surface area (Å²) in [6.45, 7) is 0.485. The number of hydrogen-bond acceptors (Lipinski definition) is 4. The third-order valence-electron chi connectivity index (χ3n) is 2.47. The molecular weight excluding hydrogens is 249 g/mol. The first-order valence-corrected chi connectivity index (χ1v) is 5.40. The van der Waals surface area contributed by atoms with E-state index < -0.39 is 23.9 Å². The molecule has 0 bridgehead atoms. The molecule has 0 aliphatic heterocycles. The average Bonchev–Trinajstić information content (AvgIpc) is 2.34. The Morgan fingerprint density at radius 2 is 2.00 bits per heavy atom. The van der Waals surface area contributed by atoms with E-state index in [2.05, 4.69) is 10.3 Å². The van der Waals surface area contributed by atoms with Crippen LogP contribution in [0.5, 0.6) is 0 Å². The first kappa shape index (κ1) is 14.9. The lowest BCUT2D eigenvalue weighted by atomic mass is 10.1. The van der Waals surface area contributed by atoms with Crippen molar-refractivity contribution in [3.05, 3.63) is 29.6 Å². The van der Waals surface area contributed by atoms with Gasteiger partial charge in [0.05, 0.1) is 17.4 Å². The highest BCUT2D eigenvalue weighted by molar-refractivity contribution is 5.18. The molecule has 7 heteroatoms. The second kappa shape index (κ2) is 6.12. The Hall–Kier alpha value is -1.18. The van der Waals surface area contributed by atoms with Crippen molar-refractivity contribution in [2.45, 2.75) is 24.8 Å². The third-order valence-corrected chi connectivity index (χ3v) is 2.47. The Morgan fingerprint density at radius 3 is 2.44 bits per heavy atom. The molecule has 2 atom stereocenters. The van der Waals surface area contributed by atoms with Crippen molar-refractivity contribution in [3.8, 4) is 0 Å².